The molecule has 3 heterocycles. The van der Waals surface area contributed by atoms with Gasteiger partial charge in [0, 0.05) is 20.1 Å². The van der Waals surface area contributed by atoms with E-state index in [9.17, 15) is 18.8 Å². The molecule has 0 radical (unpaired) electrons. The van der Waals surface area contributed by atoms with E-state index in [-0.39, 0.29) is 52.7 Å². The van der Waals surface area contributed by atoms with Gasteiger partial charge in [0.2, 0.25) is 11.9 Å². The summed E-state index contributed by atoms with van der Waals surface area (Å²) in [6.45, 7) is 4.44. The third kappa shape index (κ3) is 4.91. The van der Waals surface area contributed by atoms with Gasteiger partial charge in [-0.25, -0.2) is 14.8 Å². The maximum Gasteiger partial charge on any atom is 0.342 e. The van der Waals surface area contributed by atoms with E-state index < -0.39 is 23.2 Å². The molecule has 11 heteroatoms. The van der Waals surface area contributed by atoms with Gasteiger partial charge in [0.15, 0.2) is 0 Å². The van der Waals surface area contributed by atoms with E-state index in [1.807, 2.05) is 38.1 Å². The fraction of sp³-hybridized carbons (Fsp3) is 0.296. The van der Waals surface area contributed by atoms with Crippen molar-refractivity contribution in [3.63, 3.8) is 0 Å². The van der Waals surface area contributed by atoms with Crippen LogP contribution in [0.3, 0.4) is 0 Å². The minimum atomic E-state index is -1.04. The Balaban J connectivity index is 1.72. The van der Waals surface area contributed by atoms with E-state index in [4.69, 9.17) is 11.6 Å². The Hall–Kier alpha value is -4.05. The number of methoxy groups -OCH3 is 1. The number of hydrogen-bond acceptors (Lipinski definition) is 7. The third-order valence-electron chi connectivity index (χ3n) is 6.61. The van der Waals surface area contributed by atoms with E-state index in [2.05, 4.69) is 25.3 Å². The van der Waals surface area contributed by atoms with Gasteiger partial charge in [0.05, 0.1) is 24.6 Å². The van der Waals surface area contributed by atoms with Crippen molar-refractivity contribution in [3.8, 4) is 0 Å². The molecule has 198 valence electrons. The molecular formula is C27H27ClFN5O4. The molecule has 0 aliphatic carbocycles. The van der Waals surface area contributed by atoms with Crippen LogP contribution in [0.4, 0.5) is 15.9 Å². The lowest BCUT2D eigenvalue weighted by Crippen LogP contribution is -2.66. The molecule has 0 saturated carbocycles. The smallest absolute Gasteiger partial charge is 0.342 e. The van der Waals surface area contributed by atoms with Crippen LogP contribution in [0.5, 0.6) is 0 Å². The lowest BCUT2D eigenvalue weighted by atomic mass is 9.69. The van der Waals surface area contributed by atoms with Crippen molar-refractivity contribution < 1.29 is 23.5 Å². The molecule has 2 N–H and O–H groups in total. The molecular weight excluding hydrogens is 513 g/mol. The summed E-state index contributed by atoms with van der Waals surface area (Å²) in [6, 6.07) is 11.9. The van der Waals surface area contributed by atoms with Crippen LogP contribution >= 0.6 is 11.6 Å². The van der Waals surface area contributed by atoms with E-state index in [0.717, 1.165) is 18.2 Å². The zero-order chi connectivity index (χ0) is 27.6. The van der Waals surface area contributed by atoms with Gasteiger partial charge in [-0.1, -0.05) is 49.7 Å². The van der Waals surface area contributed by atoms with Crippen LogP contribution in [0.15, 0.2) is 48.7 Å². The number of benzene rings is 1. The quantitative estimate of drug-likeness (QED) is 0.345. The van der Waals surface area contributed by atoms with Crippen molar-refractivity contribution in [2.75, 3.05) is 37.5 Å². The van der Waals surface area contributed by atoms with Gasteiger partial charge < -0.3 is 20.3 Å². The van der Waals surface area contributed by atoms with Gasteiger partial charge in [0.1, 0.15) is 21.9 Å². The Bertz CT molecular complexity index is 1410. The second-order valence-electron chi connectivity index (χ2n) is 9.27. The lowest BCUT2D eigenvalue weighted by molar-refractivity contribution is -0.122. The number of hydrogen-bond donors (Lipinski definition) is 2. The average molecular weight is 540 g/mol. The predicted octanol–water partition coefficient (Wildman–Crippen LogP) is 3.94. The highest BCUT2D eigenvalue weighted by atomic mass is 35.5. The number of anilines is 2. The first-order valence-corrected chi connectivity index (χ1v) is 12.3. The van der Waals surface area contributed by atoms with Gasteiger partial charge in [-0.05, 0) is 35.2 Å². The summed E-state index contributed by atoms with van der Waals surface area (Å²) in [5.41, 5.74) is 0.876. The molecule has 1 aromatic carbocycles. The Morgan fingerprint density at radius 3 is 2.47 bits per heavy atom. The maximum absolute atomic E-state index is 14.6. The standard InChI is InChI=1S/C27H27ClFN5O4/c1-15(2)16-7-5-6-8-19(16)27(26(37)32-20-12-31-21(28)11-18(20)24(35)30-3)13-34(14-27)22-10-9-17(23(29)33-22)25(36)38-4/h5-12,15H,13-14H2,1-4H3,(H,30,35)(H,32,37). The molecule has 2 amide bonds. The zero-order valence-electron chi connectivity index (χ0n) is 21.3. The minimum Gasteiger partial charge on any atom is -0.465 e. The Kier molecular flexibility index (Phi) is 7.63. The molecule has 0 unspecified atom stereocenters. The van der Waals surface area contributed by atoms with Crippen molar-refractivity contribution >= 4 is 40.9 Å². The topological polar surface area (TPSA) is 114 Å². The van der Waals surface area contributed by atoms with Crippen molar-refractivity contribution in [1.82, 2.24) is 15.3 Å². The molecule has 9 nitrogen and oxygen atoms in total. The summed E-state index contributed by atoms with van der Waals surface area (Å²) in [4.78, 5) is 47.9. The van der Waals surface area contributed by atoms with Crippen LogP contribution in [0.25, 0.3) is 0 Å². The summed E-state index contributed by atoms with van der Waals surface area (Å²) in [5, 5.41) is 5.52. The summed E-state index contributed by atoms with van der Waals surface area (Å²) in [6.07, 6.45) is 1.34. The second kappa shape index (κ2) is 10.7. The van der Waals surface area contributed by atoms with Crippen LogP contribution in [-0.4, -0.2) is 55.0 Å². The first-order valence-electron chi connectivity index (χ1n) is 11.9. The fourth-order valence-electron chi connectivity index (χ4n) is 4.60. The molecule has 1 aliphatic rings. The van der Waals surface area contributed by atoms with Gasteiger partial charge in [0.25, 0.3) is 5.91 Å². The number of amides is 2. The van der Waals surface area contributed by atoms with Crippen LogP contribution in [0.2, 0.25) is 5.15 Å². The van der Waals surface area contributed by atoms with Crippen LogP contribution in [-0.2, 0) is 14.9 Å². The summed E-state index contributed by atoms with van der Waals surface area (Å²) in [5.74, 6) is -2.17. The Labute approximate surface area is 224 Å². The molecule has 0 bridgehead atoms. The average Bonchev–Trinajstić information content (AvgIpc) is 2.88. The molecule has 4 rings (SSSR count). The highest BCUT2D eigenvalue weighted by Crippen LogP contribution is 2.41. The number of carbonyl (C=O) groups is 3. The monoisotopic (exact) mass is 539 g/mol. The Morgan fingerprint density at radius 1 is 1.13 bits per heavy atom. The lowest BCUT2D eigenvalue weighted by Gasteiger charge is -2.50. The van der Waals surface area contributed by atoms with Crippen molar-refractivity contribution in [2.24, 2.45) is 0 Å². The van der Waals surface area contributed by atoms with E-state index in [1.165, 1.54) is 31.4 Å². The summed E-state index contributed by atoms with van der Waals surface area (Å²) in [7, 11) is 2.64. The highest BCUT2D eigenvalue weighted by molar-refractivity contribution is 6.30. The number of nitrogens with one attached hydrogen (secondary N) is 2. The molecule has 0 atom stereocenters. The van der Waals surface area contributed by atoms with E-state index in [0.29, 0.717) is 0 Å². The molecule has 1 saturated heterocycles. The first kappa shape index (κ1) is 27.0. The second-order valence-corrected chi connectivity index (χ2v) is 9.65. The number of carbonyl (C=O) groups excluding carboxylic acids is 3. The van der Waals surface area contributed by atoms with E-state index >= 15 is 0 Å². The number of rotatable bonds is 7. The number of ether oxygens (including phenoxy) is 1. The molecule has 1 aliphatic heterocycles. The number of aromatic nitrogens is 2. The number of halogens is 2. The molecule has 0 spiro atoms. The molecule has 3 aromatic rings. The van der Waals surface area contributed by atoms with Crippen LogP contribution in [0.1, 0.15) is 51.6 Å². The van der Waals surface area contributed by atoms with Gasteiger partial charge >= 0.3 is 5.97 Å². The third-order valence-corrected chi connectivity index (χ3v) is 6.82. The van der Waals surface area contributed by atoms with Crippen LogP contribution in [0, 0.1) is 5.95 Å². The number of esters is 1. The van der Waals surface area contributed by atoms with Gasteiger partial charge in [-0.3, -0.25) is 9.59 Å². The molecule has 38 heavy (non-hydrogen) atoms. The fourth-order valence-corrected chi connectivity index (χ4v) is 4.75. The summed E-state index contributed by atoms with van der Waals surface area (Å²) >= 11 is 6.00. The summed E-state index contributed by atoms with van der Waals surface area (Å²) < 4.78 is 19.1. The zero-order valence-corrected chi connectivity index (χ0v) is 22.1. The van der Waals surface area contributed by atoms with Crippen molar-refractivity contribution in [2.45, 2.75) is 25.2 Å². The van der Waals surface area contributed by atoms with Gasteiger partial charge in [-0.2, -0.15) is 4.39 Å². The highest BCUT2D eigenvalue weighted by Gasteiger charge is 2.52. The Morgan fingerprint density at radius 2 is 1.84 bits per heavy atom. The largest absolute Gasteiger partial charge is 0.465 e. The van der Waals surface area contributed by atoms with Crippen molar-refractivity contribution in [3.05, 3.63) is 82.0 Å². The van der Waals surface area contributed by atoms with Crippen LogP contribution < -0.4 is 15.5 Å². The van der Waals surface area contributed by atoms with E-state index in [1.54, 1.807) is 4.90 Å². The number of nitrogens with zero attached hydrogens (tertiary/aromatic N) is 3. The van der Waals surface area contributed by atoms with Crippen molar-refractivity contribution in [1.29, 1.82) is 0 Å². The maximum atomic E-state index is 14.6. The molecule has 1 fully saturated rings. The van der Waals surface area contributed by atoms with Gasteiger partial charge in [-0.15, -0.1) is 0 Å². The molecule has 2 aromatic heterocycles. The predicted molar refractivity (Wildman–Crippen MR) is 141 cm³/mol. The number of pyridine rings is 2. The normalized spacial score (nSPS) is 14.0. The SMILES string of the molecule is CNC(=O)c1cc(Cl)ncc1NC(=O)C1(c2ccccc2C(C)C)CN(c2ccc(C(=O)OC)c(F)n2)C1. The minimum absolute atomic E-state index is 0.111. The first-order chi connectivity index (χ1) is 18.1.